The second-order valence-corrected chi connectivity index (χ2v) is 12.7. The van der Waals surface area contributed by atoms with Gasteiger partial charge in [-0.3, -0.25) is 4.79 Å². The lowest BCUT2D eigenvalue weighted by Crippen LogP contribution is -2.36. The molecule has 0 radical (unpaired) electrons. The van der Waals surface area contributed by atoms with Crippen molar-refractivity contribution in [3.63, 3.8) is 0 Å². The van der Waals surface area contributed by atoms with Gasteiger partial charge in [-0.05, 0) is 36.6 Å². The number of carbonyl (C=O) groups excluding carboxylic acids is 1. The van der Waals surface area contributed by atoms with Crippen molar-refractivity contribution >= 4 is 32.8 Å². The largest absolute Gasteiger partial charge is 0.378 e. The van der Waals surface area contributed by atoms with E-state index in [4.69, 9.17) is 19.8 Å². The maximum Gasteiger partial charge on any atom is 0.283 e. The van der Waals surface area contributed by atoms with Gasteiger partial charge in [-0.1, -0.05) is 33.6 Å². The number of amides is 1. The van der Waals surface area contributed by atoms with E-state index in [1.807, 2.05) is 16.8 Å². The van der Waals surface area contributed by atoms with Gasteiger partial charge >= 0.3 is 0 Å². The molecule has 5 rings (SSSR count). The molecule has 0 spiro atoms. The third-order valence-electron chi connectivity index (χ3n) is 6.95. The number of ether oxygens (including phenoxy) is 1. The fourth-order valence-electron chi connectivity index (χ4n) is 5.15. The quantitative estimate of drug-likeness (QED) is 0.537. The number of rotatable bonds is 5. The summed E-state index contributed by atoms with van der Waals surface area (Å²) < 4.78 is 33.1. The number of aromatic nitrogens is 4. The summed E-state index contributed by atoms with van der Waals surface area (Å²) in [5.41, 5.74) is 2.82. The molecule has 0 bridgehead atoms. The Kier molecular flexibility index (Phi) is 6.70. The van der Waals surface area contributed by atoms with Crippen molar-refractivity contribution in [2.24, 2.45) is 0 Å². The molecule has 1 N–H and O–H groups in total. The van der Waals surface area contributed by atoms with Crippen LogP contribution in [0.4, 0.5) is 5.82 Å². The summed E-state index contributed by atoms with van der Waals surface area (Å²) in [6.07, 6.45) is 6.98. The van der Waals surface area contributed by atoms with Gasteiger partial charge in [0.05, 0.1) is 36.6 Å². The second-order valence-electron chi connectivity index (χ2n) is 10.9. The van der Waals surface area contributed by atoms with E-state index in [2.05, 4.69) is 30.4 Å². The van der Waals surface area contributed by atoms with Crippen molar-refractivity contribution in [3.8, 4) is 11.1 Å². The number of carbonyl (C=O) groups is 1. The summed E-state index contributed by atoms with van der Waals surface area (Å²) in [6, 6.07) is 5.81. The number of hydrogen-bond donors (Lipinski definition) is 1. The van der Waals surface area contributed by atoms with Gasteiger partial charge in [0.25, 0.3) is 5.91 Å². The number of nitrogens with zero attached hydrogens (tertiary/aromatic N) is 5. The first kappa shape index (κ1) is 25.6. The number of hydrogen-bond acceptors (Lipinski definition) is 8. The number of morpholine rings is 1. The second kappa shape index (κ2) is 9.68. The SMILES string of the molecule is CC(C)(C)c1nn(C2CCCC2)c2nc(C(=O)NS(C)(=O)=O)cc(-c3ccc(N4CCOCC4)nc3)c12. The molecular weight excluding hydrogens is 492 g/mol. The Morgan fingerprint density at radius 1 is 1.14 bits per heavy atom. The first-order valence-corrected chi connectivity index (χ1v) is 14.7. The standard InChI is InChI=1S/C26H34N6O4S/c1-26(2,3)23-22-19(17-9-10-21(27-16-17)31-11-13-36-14-12-31)15-20(25(33)30-37(4,34)35)28-24(22)32(29-23)18-7-5-6-8-18/h9-10,15-16,18H,5-8,11-14H2,1-4H3,(H,30,33). The average molecular weight is 527 g/mol. The summed E-state index contributed by atoms with van der Waals surface area (Å²) in [5, 5.41) is 5.93. The average Bonchev–Trinajstić information content (AvgIpc) is 3.51. The van der Waals surface area contributed by atoms with Crippen molar-refractivity contribution < 1.29 is 17.9 Å². The minimum Gasteiger partial charge on any atom is -0.378 e. The van der Waals surface area contributed by atoms with Crippen molar-refractivity contribution in [2.45, 2.75) is 57.9 Å². The number of pyridine rings is 2. The van der Waals surface area contributed by atoms with Crippen LogP contribution < -0.4 is 9.62 Å². The molecule has 1 aliphatic heterocycles. The molecule has 0 aromatic carbocycles. The third-order valence-corrected chi connectivity index (χ3v) is 7.50. The lowest BCUT2D eigenvalue weighted by molar-refractivity contribution is 0.0977. The molecule has 11 heteroatoms. The maximum absolute atomic E-state index is 13.0. The maximum atomic E-state index is 13.0. The number of fused-ring (bicyclic) bond motifs is 1. The van der Waals surface area contributed by atoms with Crippen LogP contribution in [-0.2, 0) is 20.2 Å². The Balaban J connectivity index is 1.70. The predicted octanol–water partition coefficient (Wildman–Crippen LogP) is 3.43. The molecule has 3 aromatic heterocycles. The zero-order valence-corrected chi connectivity index (χ0v) is 22.6. The Morgan fingerprint density at radius 2 is 1.84 bits per heavy atom. The van der Waals surface area contributed by atoms with E-state index in [-0.39, 0.29) is 17.2 Å². The zero-order chi connectivity index (χ0) is 26.4. The fourth-order valence-corrected chi connectivity index (χ4v) is 5.60. The molecule has 0 atom stereocenters. The summed E-state index contributed by atoms with van der Waals surface area (Å²) in [4.78, 5) is 24.6. The minimum atomic E-state index is -3.75. The summed E-state index contributed by atoms with van der Waals surface area (Å²) in [7, 11) is -3.75. The van der Waals surface area contributed by atoms with Gasteiger partial charge in [-0.2, -0.15) is 5.10 Å². The topological polar surface area (TPSA) is 119 Å². The Hall–Kier alpha value is -3.05. The Bertz CT molecular complexity index is 1410. The van der Waals surface area contributed by atoms with Crippen LogP contribution in [0.1, 0.15) is 68.7 Å². The van der Waals surface area contributed by atoms with Gasteiger partial charge in [-0.15, -0.1) is 0 Å². The Morgan fingerprint density at radius 3 is 2.43 bits per heavy atom. The van der Waals surface area contributed by atoms with Crippen LogP contribution in [-0.4, -0.2) is 66.6 Å². The molecule has 1 saturated carbocycles. The van der Waals surface area contributed by atoms with E-state index in [0.717, 1.165) is 73.1 Å². The van der Waals surface area contributed by atoms with Crippen LogP contribution in [0.25, 0.3) is 22.2 Å². The van der Waals surface area contributed by atoms with E-state index in [1.165, 1.54) is 0 Å². The highest BCUT2D eigenvalue weighted by Gasteiger charge is 2.31. The molecule has 37 heavy (non-hydrogen) atoms. The third kappa shape index (κ3) is 5.33. The molecule has 4 heterocycles. The van der Waals surface area contributed by atoms with Gasteiger partial charge < -0.3 is 9.64 Å². The molecule has 3 aromatic rings. The summed E-state index contributed by atoms with van der Waals surface area (Å²) in [6.45, 7) is 9.24. The van der Waals surface area contributed by atoms with Gasteiger partial charge in [0, 0.05) is 30.3 Å². The van der Waals surface area contributed by atoms with E-state index in [1.54, 1.807) is 12.3 Å². The Labute approximate surface area is 217 Å². The minimum absolute atomic E-state index is 0.0322. The van der Waals surface area contributed by atoms with E-state index >= 15 is 0 Å². The van der Waals surface area contributed by atoms with Crippen LogP contribution in [0.5, 0.6) is 0 Å². The first-order valence-electron chi connectivity index (χ1n) is 12.8. The molecule has 2 aliphatic rings. The lowest BCUT2D eigenvalue weighted by atomic mass is 9.88. The highest BCUT2D eigenvalue weighted by Crippen LogP contribution is 2.40. The molecule has 10 nitrogen and oxygen atoms in total. The first-order chi connectivity index (χ1) is 17.5. The lowest BCUT2D eigenvalue weighted by Gasteiger charge is -2.27. The summed E-state index contributed by atoms with van der Waals surface area (Å²) >= 11 is 0. The number of anilines is 1. The van der Waals surface area contributed by atoms with Crippen molar-refractivity contribution in [3.05, 3.63) is 35.8 Å². The zero-order valence-electron chi connectivity index (χ0n) is 21.8. The van der Waals surface area contributed by atoms with E-state index < -0.39 is 15.9 Å². The molecule has 1 saturated heterocycles. The van der Waals surface area contributed by atoms with E-state index in [0.29, 0.717) is 18.9 Å². The van der Waals surface area contributed by atoms with E-state index in [9.17, 15) is 13.2 Å². The normalized spacial score (nSPS) is 17.5. The predicted molar refractivity (Wildman–Crippen MR) is 142 cm³/mol. The number of nitrogens with one attached hydrogen (secondary N) is 1. The van der Waals surface area contributed by atoms with Gasteiger partial charge in [-0.25, -0.2) is 27.8 Å². The van der Waals surface area contributed by atoms with Gasteiger partial charge in [0.2, 0.25) is 10.0 Å². The van der Waals surface area contributed by atoms with Crippen LogP contribution in [0.15, 0.2) is 24.4 Å². The van der Waals surface area contributed by atoms with Crippen LogP contribution >= 0.6 is 0 Å². The van der Waals surface area contributed by atoms with Crippen LogP contribution in [0.2, 0.25) is 0 Å². The van der Waals surface area contributed by atoms with Crippen LogP contribution in [0, 0.1) is 0 Å². The molecule has 2 fully saturated rings. The molecular formula is C26H34N6O4S. The van der Waals surface area contributed by atoms with Crippen molar-refractivity contribution in [1.29, 1.82) is 0 Å². The van der Waals surface area contributed by atoms with Crippen molar-refractivity contribution in [1.82, 2.24) is 24.5 Å². The smallest absolute Gasteiger partial charge is 0.283 e. The number of sulfonamides is 1. The highest BCUT2D eigenvalue weighted by atomic mass is 32.2. The van der Waals surface area contributed by atoms with Gasteiger partial charge in [0.1, 0.15) is 11.5 Å². The monoisotopic (exact) mass is 526 g/mol. The molecule has 0 unspecified atom stereocenters. The molecule has 1 amide bonds. The van der Waals surface area contributed by atoms with Crippen LogP contribution in [0.3, 0.4) is 0 Å². The molecule has 198 valence electrons. The highest BCUT2D eigenvalue weighted by molar-refractivity contribution is 7.89. The van der Waals surface area contributed by atoms with Crippen molar-refractivity contribution in [2.75, 3.05) is 37.5 Å². The fraction of sp³-hybridized carbons (Fsp3) is 0.538. The molecule has 1 aliphatic carbocycles. The van der Waals surface area contributed by atoms with Gasteiger partial charge in [0.15, 0.2) is 5.65 Å². The summed E-state index contributed by atoms with van der Waals surface area (Å²) in [5.74, 6) is 0.102.